The number of fused-ring (bicyclic) bond motifs is 1. The number of anilines is 2. The number of benzene rings is 1. The quantitative estimate of drug-likeness (QED) is 0.938. The zero-order valence-electron chi connectivity index (χ0n) is 13.7. The van der Waals surface area contributed by atoms with Crippen molar-refractivity contribution in [2.24, 2.45) is 5.92 Å². The fraction of sp³-hybridized carbons (Fsp3) is 0.278. The van der Waals surface area contributed by atoms with Crippen LogP contribution >= 0.6 is 0 Å². The van der Waals surface area contributed by atoms with Crippen LogP contribution in [0.5, 0.6) is 5.88 Å². The molecule has 6 nitrogen and oxygen atoms in total. The number of nitrogens with one attached hydrogen (secondary N) is 1. The number of carbonyl (C=O) groups is 2. The first-order valence-electron chi connectivity index (χ1n) is 7.84. The molecule has 3 rings (SSSR count). The van der Waals surface area contributed by atoms with Crippen molar-refractivity contribution in [2.45, 2.75) is 13.8 Å². The second-order valence-electron chi connectivity index (χ2n) is 6.05. The van der Waals surface area contributed by atoms with Crippen molar-refractivity contribution >= 4 is 23.2 Å². The molecule has 0 aliphatic carbocycles. The van der Waals surface area contributed by atoms with E-state index in [9.17, 15) is 9.59 Å². The molecule has 0 fully saturated rings. The van der Waals surface area contributed by atoms with Crippen LogP contribution < -0.4 is 15.0 Å². The van der Waals surface area contributed by atoms with Gasteiger partial charge in [-0.15, -0.1) is 0 Å². The second kappa shape index (κ2) is 6.70. The van der Waals surface area contributed by atoms with Gasteiger partial charge < -0.3 is 10.1 Å². The Morgan fingerprint density at radius 1 is 1.29 bits per heavy atom. The Bertz CT molecular complexity index is 756. The predicted octanol–water partition coefficient (Wildman–Crippen LogP) is 2.72. The third kappa shape index (κ3) is 3.37. The van der Waals surface area contributed by atoms with Gasteiger partial charge in [0.1, 0.15) is 6.54 Å². The van der Waals surface area contributed by atoms with Crippen LogP contribution in [0.2, 0.25) is 0 Å². The van der Waals surface area contributed by atoms with E-state index in [0.717, 1.165) is 0 Å². The minimum absolute atomic E-state index is 0.0125. The highest BCUT2D eigenvalue weighted by Gasteiger charge is 2.27. The average molecular weight is 325 g/mol. The summed E-state index contributed by atoms with van der Waals surface area (Å²) in [6, 6.07) is 10.6. The maximum absolute atomic E-state index is 12.8. The number of rotatable bonds is 4. The van der Waals surface area contributed by atoms with Crippen molar-refractivity contribution in [2.75, 3.05) is 23.4 Å². The molecule has 1 aromatic heterocycles. The summed E-state index contributed by atoms with van der Waals surface area (Å²) >= 11 is 0. The summed E-state index contributed by atoms with van der Waals surface area (Å²) < 4.78 is 5.52. The molecule has 0 radical (unpaired) electrons. The molecule has 0 unspecified atom stereocenters. The maximum atomic E-state index is 12.8. The Morgan fingerprint density at radius 3 is 2.79 bits per heavy atom. The molecule has 0 bridgehead atoms. The SMILES string of the molecule is CC(C)COc1ccc(C(=O)N2CC(=O)Nc3ccccc32)cn1. The molecule has 124 valence electrons. The van der Waals surface area contributed by atoms with Gasteiger partial charge in [0, 0.05) is 12.3 Å². The van der Waals surface area contributed by atoms with Gasteiger partial charge in [0.25, 0.3) is 5.91 Å². The maximum Gasteiger partial charge on any atom is 0.260 e. The van der Waals surface area contributed by atoms with Crippen LogP contribution in [-0.4, -0.2) is 29.9 Å². The van der Waals surface area contributed by atoms with Gasteiger partial charge in [0.2, 0.25) is 11.8 Å². The Balaban J connectivity index is 1.80. The fourth-order valence-electron chi connectivity index (χ4n) is 2.41. The fourth-order valence-corrected chi connectivity index (χ4v) is 2.41. The molecule has 2 amide bonds. The van der Waals surface area contributed by atoms with Gasteiger partial charge in [-0.1, -0.05) is 26.0 Å². The standard InChI is InChI=1S/C18H19N3O3/c1-12(2)11-24-17-8-7-13(9-19-17)18(23)21-10-16(22)20-14-5-3-4-6-15(14)21/h3-9,12H,10-11H2,1-2H3,(H,20,22). The normalized spacial score (nSPS) is 13.5. The van der Waals surface area contributed by atoms with E-state index in [1.807, 2.05) is 12.1 Å². The highest BCUT2D eigenvalue weighted by atomic mass is 16.5. The van der Waals surface area contributed by atoms with E-state index < -0.39 is 0 Å². The largest absolute Gasteiger partial charge is 0.477 e. The minimum Gasteiger partial charge on any atom is -0.477 e. The van der Waals surface area contributed by atoms with Crippen molar-refractivity contribution < 1.29 is 14.3 Å². The lowest BCUT2D eigenvalue weighted by Crippen LogP contribution is -2.42. The minimum atomic E-state index is -0.264. The molecule has 2 heterocycles. The number of amides is 2. The van der Waals surface area contributed by atoms with Crippen molar-refractivity contribution in [1.29, 1.82) is 0 Å². The molecule has 0 saturated carbocycles. The van der Waals surface area contributed by atoms with Crippen LogP contribution in [0.4, 0.5) is 11.4 Å². The van der Waals surface area contributed by atoms with Crippen LogP contribution in [0.25, 0.3) is 0 Å². The van der Waals surface area contributed by atoms with Crippen LogP contribution in [0.1, 0.15) is 24.2 Å². The number of pyridine rings is 1. The van der Waals surface area contributed by atoms with Gasteiger partial charge in [-0.3, -0.25) is 14.5 Å². The summed E-state index contributed by atoms with van der Waals surface area (Å²) in [6.07, 6.45) is 1.48. The molecule has 0 saturated heterocycles. The molecule has 2 aromatic rings. The molecule has 0 atom stereocenters. The Labute approximate surface area is 140 Å². The zero-order valence-corrected chi connectivity index (χ0v) is 13.7. The Kier molecular flexibility index (Phi) is 4.46. The van der Waals surface area contributed by atoms with Gasteiger partial charge in [0.05, 0.1) is 23.5 Å². The van der Waals surface area contributed by atoms with Crippen LogP contribution in [0, 0.1) is 5.92 Å². The summed E-state index contributed by atoms with van der Waals surface area (Å²) in [6.45, 7) is 4.66. The number of aromatic nitrogens is 1. The lowest BCUT2D eigenvalue weighted by Gasteiger charge is -2.29. The van der Waals surface area contributed by atoms with Crippen molar-refractivity contribution in [1.82, 2.24) is 4.98 Å². The van der Waals surface area contributed by atoms with Gasteiger partial charge in [-0.25, -0.2) is 4.98 Å². The molecule has 1 N–H and O–H groups in total. The van der Waals surface area contributed by atoms with Gasteiger partial charge in [0.15, 0.2) is 0 Å². The zero-order chi connectivity index (χ0) is 17.1. The molecular formula is C18H19N3O3. The summed E-state index contributed by atoms with van der Waals surface area (Å²) in [5.74, 6) is 0.403. The van der Waals surface area contributed by atoms with Gasteiger partial charge >= 0.3 is 0 Å². The Hall–Kier alpha value is -2.89. The first-order chi connectivity index (χ1) is 11.5. The van der Waals surface area contributed by atoms with E-state index in [4.69, 9.17) is 4.74 Å². The summed E-state index contributed by atoms with van der Waals surface area (Å²) in [5, 5.41) is 2.76. The van der Waals surface area contributed by atoms with Crippen molar-refractivity contribution in [3.8, 4) is 5.88 Å². The highest BCUT2D eigenvalue weighted by Crippen LogP contribution is 2.30. The Morgan fingerprint density at radius 2 is 2.08 bits per heavy atom. The summed E-state index contributed by atoms with van der Waals surface area (Å²) in [7, 11) is 0. The van der Waals surface area contributed by atoms with E-state index in [1.165, 1.54) is 11.1 Å². The average Bonchev–Trinajstić information content (AvgIpc) is 2.59. The number of carbonyl (C=O) groups excluding carboxylic acids is 2. The summed E-state index contributed by atoms with van der Waals surface area (Å²) in [4.78, 5) is 30.2. The number of nitrogens with zero attached hydrogens (tertiary/aromatic N) is 2. The smallest absolute Gasteiger partial charge is 0.260 e. The van der Waals surface area contributed by atoms with Crippen molar-refractivity contribution in [3.63, 3.8) is 0 Å². The number of hydrogen-bond acceptors (Lipinski definition) is 4. The van der Waals surface area contributed by atoms with E-state index in [1.54, 1.807) is 24.3 Å². The summed E-state index contributed by atoms with van der Waals surface area (Å²) in [5.41, 5.74) is 1.73. The van der Waals surface area contributed by atoms with Gasteiger partial charge in [-0.2, -0.15) is 0 Å². The van der Waals surface area contributed by atoms with E-state index in [0.29, 0.717) is 35.3 Å². The monoisotopic (exact) mass is 325 g/mol. The van der Waals surface area contributed by atoms with Crippen LogP contribution in [0.3, 0.4) is 0 Å². The first-order valence-corrected chi connectivity index (χ1v) is 7.84. The first kappa shape index (κ1) is 16.0. The van der Waals surface area contributed by atoms with Crippen molar-refractivity contribution in [3.05, 3.63) is 48.2 Å². The van der Waals surface area contributed by atoms with Crippen LogP contribution in [0.15, 0.2) is 42.6 Å². The molecule has 0 spiro atoms. The number of hydrogen-bond donors (Lipinski definition) is 1. The molecule has 24 heavy (non-hydrogen) atoms. The van der Waals surface area contributed by atoms with E-state index >= 15 is 0 Å². The molecular weight excluding hydrogens is 306 g/mol. The lowest BCUT2D eigenvalue weighted by atomic mass is 10.1. The third-order valence-electron chi connectivity index (χ3n) is 3.56. The number of para-hydroxylation sites is 2. The predicted molar refractivity (Wildman–Crippen MR) is 91.3 cm³/mol. The third-order valence-corrected chi connectivity index (χ3v) is 3.56. The second-order valence-corrected chi connectivity index (χ2v) is 6.05. The lowest BCUT2D eigenvalue weighted by molar-refractivity contribution is -0.115. The highest BCUT2D eigenvalue weighted by molar-refractivity contribution is 6.15. The van der Waals surface area contributed by atoms with E-state index in [-0.39, 0.29) is 18.4 Å². The molecule has 6 heteroatoms. The molecule has 1 aromatic carbocycles. The van der Waals surface area contributed by atoms with Crippen LogP contribution in [-0.2, 0) is 4.79 Å². The number of ether oxygens (including phenoxy) is 1. The van der Waals surface area contributed by atoms with Gasteiger partial charge in [-0.05, 0) is 24.1 Å². The molecule has 1 aliphatic rings. The topological polar surface area (TPSA) is 71.5 Å². The van der Waals surface area contributed by atoms with E-state index in [2.05, 4.69) is 24.1 Å². The molecule has 1 aliphatic heterocycles.